The Morgan fingerprint density at radius 3 is 1.97 bits per heavy atom. The molecule has 0 amide bonds. The number of hydrogen-bond acceptors (Lipinski definition) is 1. The predicted octanol–water partition coefficient (Wildman–Crippen LogP) is 7.23. The van der Waals surface area contributed by atoms with Gasteiger partial charge < -0.3 is 4.90 Å². The van der Waals surface area contributed by atoms with Gasteiger partial charge in [-0.05, 0) is 59.5 Å². The Balaban J connectivity index is 1.75. The number of halogens is 4. The number of nitrogens with zero attached hydrogens (tertiary/aromatic N) is 1. The summed E-state index contributed by atoms with van der Waals surface area (Å²) in [5, 5.41) is 0. The summed E-state index contributed by atoms with van der Waals surface area (Å²) in [6.45, 7) is 6.40. The molecule has 150 valence electrons. The Hall–Kier alpha value is -2.82. The van der Waals surface area contributed by atoms with Crippen LogP contribution in [0.2, 0.25) is 0 Å². The standard InChI is InChI=1S/C24H21F4N/c1-14-5-8-17-18-9-6-15(12-21(18)23(2,3)20(17)11-14)29(4)16-7-10-19(22(25)13-16)24(26,27)28/h5-13H,1-4H3. The van der Waals surface area contributed by atoms with Crippen LogP contribution in [-0.2, 0) is 11.6 Å². The molecule has 1 nitrogen and oxygen atoms in total. The van der Waals surface area contributed by atoms with Crippen molar-refractivity contribution in [2.75, 3.05) is 11.9 Å². The van der Waals surface area contributed by atoms with Crippen LogP contribution in [0.3, 0.4) is 0 Å². The zero-order valence-corrected chi connectivity index (χ0v) is 16.7. The van der Waals surface area contributed by atoms with Crippen LogP contribution in [0, 0.1) is 12.7 Å². The minimum absolute atomic E-state index is 0.196. The van der Waals surface area contributed by atoms with E-state index in [-0.39, 0.29) is 5.41 Å². The van der Waals surface area contributed by atoms with Crippen molar-refractivity contribution in [3.63, 3.8) is 0 Å². The lowest BCUT2D eigenvalue weighted by Crippen LogP contribution is -2.17. The maximum atomic E-state index is 14.0. The van der Waals surface area contributed by atoms with Gasteiger partial charge in [0.05, 0.1) is 5.56 Å². The molecular formula is C24H21F4N. The number of rotatable bonds is 2. The first-order chi connectivity index (χ1) is 13.5. The molecule has 0 atom stereocenters. The summed E-state index contributed by atoms with van der Waals surface area (Å²) in [7, 11) is 1.73. The summed E-state index contributed by atoms with van der Waals surface area (Å²) in [5.41, 5.74) is 5.66. The van der Waals surface area contributed by atoms with E-state index in [1.165, 1.54) is 22.8 Å². The van der Waals surface area contributed by atoms with Crippen LogP contribution in [0.1, 0.15) is 36.1 Å². The molecule has 3 aromatic rings. The second kappa shape index (κ2) is 6.34. The van der Waals surface area contributed by atoms with Gasteiger partial charge in [-0.15, -0.1) is 0 Å². The average molecular weight is 399 g/mol. The zero-order chi connectivity index (χ0) is 21.1. The fraction of sp³-hybridized carbons (Fsp3) is 0.250. The van der Waals surface area contributed by atoms with Gasteiger partial charge in [-0.1, -0.05) is 43.7 Å². The minimum atomic E-state index is -4.71. The van der Waals surface area contributed by atoms with E-state index in [0.717, 1.165) is 28.9 Å². The zero-order valence-electron chi connectivity index (χ0n) is 16.7. The van der Waals surface area contributed by atoms with E-state index in [1.54, 1.807) is 11.9 Å². The summed E-state index contributed by atoms with van der Waals surface area (Å²) in [5.74, 6) is -1.27. The fourth-order valence-corrected chi connectivity index (χ4v) is 4.14. The van der Waals surface area contributed by atoms with Gasteiger partial charge in [0.2, 0.25) is 0 Å². The predicted molar refractivity (Wildman–Crippen MR) is 108 cm³/mol. The van der Waals surface area contributed by atoms with E-state index >= 15 is 0 Å². The topological polar surface area (TPSA) is 3.24 Å². The van der Waals surface area contributed by atoms with Crippen LogP contribution in [0.4, 0.5) is 28.9 Å². The van der Waals surface area contributed by atoms with E-state index in [1.807, 2.05) is 18.2 Å². The third-order valence-corrected chi connectivity index (χ3v) is 5.85. The maximum absolute atomic E-state index is 14.0. The molecule has 5 heteroatoms. The smallest absolute Gasteiger partial charge is 0.345 e. The number of aryl methyl sites for hydroxylation is 1. The molecule has 1 aliphatic rings. The van der Waals surface area contributed by atoms with Gasteiger partial charge in [0, 0.05) is 23.8 Å². The van der Waals surface area contributed by atoms with Gasteiger partial charge in [-0.25, -0.2) is 4.39 Å². The first-order valence-electron chi connectivity index (χ1n) is 9.36. The number of alkyl halides is 3. The molecule has 0 radical (unpaired) electrons. The molecule has 0 saturated carbocycles. The Kier molecular flexibility index (Phi) is 4.26. The molecule has 0 unspecified atom stereocenters. The van der Waals surface area contributed by atoms with Crippen LogP contribution in [0.15, 0.2) is 54.6 Å². The molecule has 0 spiro atoms. The molecular weight excluding hydrogens is 378 g/mol. The molecule has 0 heterocycles. The highest BCUT2D eigenvalue weighted by molar-refractivity contribution is 5.83. The van der Waals surface area contributed by atoms with Crippen molar-refractivity contribution in [1.29, 1.82) is 0 Å². The number of hydrogen-bond donors (Lipinski definition) is 0. The quantitative estimate of drug-likeness (QED) is 0.411. The lowest BCUT2D eigenvalue weighted by atomic mass is 9.82. The molecule has 4 rings (SSSR count). The lowest BCUT2D eigenvalue weighted by molar-refractivity contribution is -0.139. The van der Waals surface area contributed by atoms with E-state index < -0.39 is 17.6 Å². The summed E-state index contributed by atoms with van der Waals surface area (Å²) >= 11 is 0. The number of fused-ring (bicyclic) bond motifs is 3. The van der Waals surface area contributed by atoms with E-state index in [2.05, 4.69) is 39.0 Å². The van der Waals surface area contributed by atoms with Crippen LogP contribution >= 0.6 is 0 Å². The summed E-state index contributed by atoms with van der Waals surface area (Å²) < 4.78 is 52.6. The Morgan fingerprint density at radius 1 is 0.793 bits per heavy atom. The maximum Gasteiger partial charge on any atom is 0.419 e. The molecule has 1 aliphatic carbocycles. The molecule has 0 fully saturated rings. The minimum Gasteiger partial charge on any atom is -0.345 e. The Labute approximate surface area is 167 Å². The van der Waals surface area contributed by atoms with Crippen LogP contribution in [0.25, 0.3) is 11.1 Å². The van der Waals surface area contributed by atoms with Crippen molar-refractivity contribution in [3.8, 4) is 11.1 Å². The third kappa shape index (κ3) is 3.09. The van der Waals surface area contributed by atoms with Crippen molar-refractivity contribution in [2.45, 2.75) is 32.4 Å². The fourth-order valence-electron chi connectivity index (χ4n) is 4.14. The van der Waals surface area contributed by atoms with Crippen molar-refractivity contribution >= 4 is 11.4 Å². The summed E-state index contributed by atoms with van der Waals surface area (Å²) in [6.07, 6.45) is -4.71. The van der Waals surface area contributed by atoms with E-state index in [0.29, 0.717) is 5.69 Å². The van der Waals surface area contributed by atoms with Crippen molar-refractivity contribution in [2.24, 2.45) is 0 Å². The number of anilines is 2. The molecule has 0 aliphatic heterocycles. The van der Waals surface area contributed by atoms with Crippen LogP contribution in [-0.4, -0.2) is 7.05 Å². The van der Waals surface area contributed by atoms with Gasteiger partial charge in [-0.2, -0.15) is 13.2 Å². The van der Waals surface area contributed by atoms with Gasteiger partial charge in [-0.3, -0.25) is 0 Å². The van der Waals surface area contributed by atoms with Crippen molar-refractivity contribution in [1.82, 2.24) is 0 Å². The van der Waals surface area contributed by atoms with Gasteiger partial charge in [0.1, 0.15) is 5.82 Å². The number of benzene rings is 3. The second-order valence-corrected chi connectivity index (χ2v) is 8.12. The highest BCUT2D eigenvalue weighted by Crippen LogP contribution is 2.50. The summed E-state index contributed by atoms with van der Waals surface area (Å²) in [6, 6.07) is 15.4. The van der Waals surface area contributed by atoms with Crippen LogP contribution < -0.4 is 4.90 Å². The first-order valence-corrected chi connectivity index (χ1v) is 9.36. The van der Waals surface area contributed by atoms with Gasteiger partial charge in [0.25, 0.3) is 0 Å². The molecule has 0 N–H and O–H groups in total. The monoisotopic (exact) mass is 399 g/mol. The van der Waals surface area contributed by atoms with Gasteiger partial charge in [0.15, 0.2) is 0 Å². The second-order valence-electron chi connectivity index (χ2n) is 8.12. The highest BCUT2D eigenvalue weighted by atomic mass is 19.4. The van der Waals surface area contributed by atoms with Crippen molar-refractivity contribution in [3.05, 3.63) is 82.7 Å². The SMILES string of the molecule is Cc1ccc2c(c1)C(C)(C)c1cc(N(C)c3ccc(C(F)(F)F)c(F)c3)ccc1-2. The Bertz CT molecular complexity index is 1110. The lowest BCUT2D eigenvalue weighted by Gasteiger charge is -2.25. The molecule has 0 saturated heterocycles. The molecule has 29 heavy (non-hydrogen) atoms. The Morgan fingerprint density at radius 2 is 1.34 bits per heavy atom. The van der Waals surface area contributed by atoms with Crippen LogP contribution in [0.5, 0.6) is 0 Å². The third-order valence-electron chi connectivity index (χ3n) is 5.85. The molecule has 0 aromatic heterocycles. The van der Waals surface area contributed by atoms with E-state index in [4.69, 9.17) is 0 Å². The normalized spacial score (nSPS) is 14.5. The van der Waals surface area contributed by atoms with Gasteiger partial charge >= 0.3 is 6.18 Å². The van der Waals surface area contributed by atoms with Crippen molar-refractivity contribution < 1.29 is 17.6 Å². The highest BCUT2D eigenvalue weighted by Gasteiger charge is 2.36. The first kappa shape index (κ1) is 19.5. The molecule has 0 bridgehead atoms. The summed E-state index contributed by atoms with van der Waals surface area (Å²) in [4.78, 5) is 1.70. The van der Waals surface area contributed by atoms with E-state index in [9.17, 15) is 17.6 Å². The average Bonchev–Trinajstić information content (AvgIpc) is 2.87. The molecule has 3 aromatic carbocycles. The largest absolute Gasteiger partial charge is 0.419 e.